The Labute approximate surface area is 184 Å². The first-order valence-corrected chi connectivity index (χ1v) is 11.7. The molecule has 1 aromatic heterocycles. The Morgan fingerprint density at radius 3 is 2.10 bits per heavy atom. The predicted octanol–water partition coefficient (Wildman–Crippen LogP) is 4.06. The van der Waals surface area contributed by atoms with E-state index in [1.807, 2.05) is 36.4 Å². The molecule has 0 bridgehead atoms. The van der Waals surface area contributed by atoms with Gasteiger partial charge in [-0.05, 0) is 36.4 Å². The predicted molar refractivity (Wildman–Crippen MR) is 120 cm³/mol. The molecule has 1 saturated heterocycles. The van der Waals surface area contributed by atoms with E-state index in [1.165, 1.54) is 28.6 Å². The van der Waals surface area contributed by atoms with Gasteiger partial charge in [-0.2, -0.15) is 4.31 Å². The first-order valence-electron chi connectivity index (χ1n) is 9.84. The fraction of sp³-hybridized carbons (Fsp3) is 0.174. The number of carbonyl (C=O) groups is 1. The Kier molecular flexibility index (Phi) is 4.97. The Morgan fingerprint density at radius 1 is 0.903 bits per heavy atom. The molecule has 0 amide bonds. The Morgan fingerprint density at radius 2 is 1.48 bits per heavy atom. The molecule has 0 aliphatic carbocycles. The summed E-state index contributed by atoms with van der Waals surface area (Å²) in [6.07, 6.45) is -0.609. The molecular weight excluding hydrogens is 436 g/mol. The number of halogens is 1. The highest BCUT2D eigenvalue weighted by molar-refractivity contribution is 7.89. The summed E-state index contributed by atoms with van der Waals surface area (Å²) in [6, 6.07) is 22.0. The normalized spacial score (nSPS) is 17.8. The molecular formula is C23H19ClN2O4S. The van der Waals surface area contributed by atoms with Crippen molar-refractivity contribution in [1.29, 1.82) is 0 Å². The average molecular weight is 455 g/mol. The van der Waals surface area contributed by atoms with Crippen LogP contribution >= 0.6 is 11.6 Å². The van der Waals surface area contributed by atoms with E-state index in [9.17, 15) is 13.2 Å². The van der Waals surface area contributed by atoms with Gasteiger partial charge in [0.25, 0.3) is 0 Å². The fourth-order valence-corrected chi connectivity index (χ4v) is 5.68. The second-order valence-corrected chi connectivity index (χ2v) is 9.88. The molecule has 1 fully saturated rings. The number of hydrogen-bond acceptors (Lipinski definition) is 4. The first kappa shape index (κ1) is 20.1. The van der Waals surface area contributed by atoms with Crippen molar-refractivity contribution in [2.24, 2.45) is 0 Å². The van der Waals surface area contributed by atoms with Gasteiger partial charge in [0.05, 0.1) is 18.0 Å². The number of esters is 1. The SMILES string of the molecule is O=C1CN(S(=O)(=O)c2ccc(Cl)cc2)C[C@H](Cn2c3ccccc3c3ccccc32)O1. The molecule has 6 nitrogen and oxygen atoms in total. The number of rotatable bonds is 4. The molecule has 0 N–H and O–H groups in total. The third-order valence-electron chi connectivity index (χ3n) is 5.53. The number of morpholine rings is 1. The number of benzene rings is 3. The van der Waals surface area contributed by atoms with Crippen LogP contribution in [0.1, 0.15) is 0 Å². The molecule has 158 valence electrons. The number of para-hydroxylation sites is 2. The lowest BCUT2D eigenvalue weighted by Crippen LogP contribution is -2.49. The lowest BCUT2D eigenvalue weighted by Gasteiger charge is -2.31. The van der Waals surface area contributed by atoms with Gasteiger partial charge in [0.15, 0.2) is 0 Å². The highest BCUT2D eigenvalue weighted by Crippen LogP contribution is 2.30. The smallest absolute Gasteiger partial charge is 0.321 e. The molecule has 0 spiro atoms. The topological polar surface area (TPSA) is 68.6 Å². The van der Waals surface area contributed by atoms with Crippen molar-refractivity contribution in [3.05, 3.63) is 77.8 Å². The van der Waals surface area contributed by atoms with Gasteiger partial charge in [0.1, 0.15) is 12.6 Å². The summed E-state index contributed by atoms with van der Waals surface area (Å²) < 4.78 is 35.0. The van der Waals surface area contributed by atoms with Crippen molar-refractivity contribution in [2.75, 3.05) is 13.1 Å². The van der Waals surface area contributed by atoms with Crippen LogP contribution in [0, 0.1) is 0 Å². The highest BCUT2D eigenvalue weighted by atomic mass is 35.5. The molecule has 3 aromatic carbocycles. The Bertz CT molecular complexity index is 1340. The lowest BCUT2D eigenvalue weighted by molar-refractivity contribution is -0.155. The van der Waals surface area contributed by atoms with Crippen LogP contribution in [0.5, 0.6) is 0 Å². The van der Waals surface area contributed by atoms with Gasteiger partial charge >= 0.3 is 5.97 Å². The minimum absolute atomic E-state index is 0.0809. The average Bonchev–Trinajstić information content (AvgIpc) is 3.08. The monoisotopic (exact) mass is 454 g/mol. The van der Waals surface area contributed by atoms with Crippen molar-refractivity contribution in [2.45, 2.75) is 17.5 Å². The van der Waals surface area contributed by atoms with Crippen molar-refractivity contribution in [3.8, 4) is 0 Å². The van der Waals surface area contributed by atoms with Crippen LogP contribution in [0.15, 0.2) is 77.7 Å². The zero-order chi connectivity index (χ0) is 21.6. The minimum atomic E-state index is -3.84. The lowest BCUT2D eigenvalue weighted by atomic mass is 10.2. The number of nitrogens with zero attached hydrogens (tertiary/aromatic N) is 2. The van der Waals surface area contributed by atoms with Gasteiger partial charge < -0.3 is 9.30 Å². The van der Waals surface area contributed by atoms with Crippen molar-refractivity contribution < 1.29 is 17.9 Å². The molecule has 31 heavy (non-hydrogen) atoms. The quantitative estimate of drug-likeness (QED) is 0.436. The standard InChI is InChI=1S/C23H19ClN2O4S/c24-16-9-11-18(12-10-16)31(28,29)25-13-17(30-23(27)15-25)14-26-21-7-3-1-5-19(21)20-6-2-4-8-22(20)26/h1-12,17H,13-15H2/t17-/m1/s1. The third kappa shape index (κ3) is 3.59. The molecule has 1 aliphatic heterocycles. The third-order valence-corrected chi connectivity index (χ3v) is 7.61. The van der Waals surface area contributed by atoms with Gasteiger partial charge in [0.2, 0.25) is 10.0 Å². The molecule has 0 unspecified atom stereocenters. The Hall–Kier alpha value is -2.87. The number of aromatic nitrogens is 1. The summed E-state index contributed by atoms with van der Waals surface area (Å²) in [4.78, 5) is 12.4. The first-order chi connectivity index (χ1) is 14.9. The summed E-state index contributed by atoms with van der Waals surface area (Å²) in [7, 11) is -3.84. The second kappa shape index (κ2) is 7.67. The number of cyclic esters (lactones) is 1. The summed E-state index contributed by atoms with van der Waals surface area (Å²) in [5.74, 6) is -0.561. The molecule has 0 saturated carbocycles. The van der Waals surface area contributed by atoms with Crippen LogP contribution in [-0.4, -0.2) is 42.5 Å². The van der Waals surface area contributed by atoms with E-state index in [2.05, 4.69) is 16.7 Å². The van der Waals surface area contributed by atoms with Crippen molar-refractivity contribution in [3.63, 3.8) is 0 Å². The summed E-state index contributed by atoms with van der Waals surface area (Å²) in [6.45, 7) is 0.124. The van der Waals surface area contributed by atoms with E-state index in [1.54, 1.807) is 0 Å². The van der Waals surface area contributed by atoms with Gasteiger partial charge in [-0.25, -0.2) is 8.42 Å². The van der Waals surface area contributed by atoms with E-state index < -0.39 is 22.1 Å². The molecule has 1 atom stereocenters. The van der Waals surface area contributed by atoms with E-state index in [-0.39, 0.29) is 18.0 Å². The zero-order valence-corrected chi connectivity index (χ0v) is 18.0. The molecule has 4 aromatic rings. The number of carbonyl (C=O) groups excluding carboxylic acids is 1. The van der Waals surface area contributed by atoms with Crippen LogP contribution in [0.25, 0.3) is 21.8 Å². The van der Waals surface area contributed by atoms with Crippen LogP contribution in [-0.2, 0) is 26.1 Å². The van der Waals surface area contributed by atoms with Crippen LogP contribution < -0.4 is 0 Å². The Balaban J connectivity index is 1.49. The summed E-state index contributed by atoms with van der Waals surface area (Å²) in [5, 5.41) is 2.65. The molecule has 5 rings (SSSR count). The van der Waals surface area contributed by atoms with Crippen molar-refractivity contribution in [1.82, 2.24) is 8.87 Å². The van der Waals surface area contributed by atoms with Crippen molar-refractivity contribution >= 4 is 49.4 Å². The molecule has 2 heterocycles. The van der Waals surface area contributed by atoms with Crippen LogP contribution in [0.3, 0.4) is 0 Å². The fourth-order valence-electron chi connectivity index (χ4n) is 4.13. The maximum Gasteiger partial charge on any atom is 0.321 e. The van der Waals surface area contributed by atoms with Gasteiger partial charge in [-0.15, -0.1) is 0 Å². The summed E-state index contributed by atoms with van der Waals surface area (Å²) >= 11 is 5.88. The van der Waals surface area contributed by atoms with Gasteiger partial charge in [-0.3, -0.25) is 4.79 Å². The minimum Gasteiger partial charge on any atom is -0.458 e. The van der Waals surface area contributed by atoms with Gasteiger partial charge in [0, 0.05) is 26.8 Å². The number of sulfonamides is 1. The van der Waals surface area contributed by atoms with E-state index in [4.69, 9.17) is 16.3 Å². The number of fused-ring (bicyclic) bond motifs is 3. The maximum absolute atomic E-state index is 13.1. The van der Waals surface area contributed by atoms with Gasteiger partial charge in [-0.1, -0.05) is 48.0 Å². The highest BCUT2D eigenvalue weighted by Gasteiger charge is 2.35. The maximum atomic E-state index is 13.1. The van der Waals surface area contributed by atoms with E-state index in [0.717, 1.165) is 21.8 Å². The summed E-state index contributed by atoms with van der Waals surface area (Å²) in [5.41, 5.74) is 2.02. The largest absolute Gasteiger partial charge is 0.458 e. The van der Waals surface area contributed by atoms with Crippen LogP contribution in [0.2, 0.25) is 5.02 Å². The number of hydrogen-bond donors (Lipinski definition) is 0. The van der Waals surface area contributed by atoms with E-state index >= 15 is 0 Å². The van der Waals surface area contributed by atoms with E-state index in [0.29, 0.717) is 11.6 Å². The molecule has 0 radical (unpaired) electrons. The second-order valence-electron chi connectivity index (χ2n) is 7.51. The number of ether oxygens (including phenoxy) is 1. The zero-order valence-electron chi connectivity index (χ0n) is 16.4. The molecule has 8 heteroatoms. The molecule has 1 aliphatic rings. The van der Waals surface area contributed by atoms with Crippen LogP contribution in [0.4, 0.5) is 0 Å².